The Kier molecular flexibility index (Phi) is 5.64. The van der Waals surface area contributed by atoms with Crippen molar-refractivity contribution in [3.05, 3.63) is 12.7 Å². The minimum Gasteiger partial charge on any atom is -0.480 e. The molecule has 0 bridgehead atoms. The van der Waals surface area contributed by atoms with Crippen LogP contribution in [0.2, 0.25) is 0 Å². The van der Waals surface area contributed by atoms with Crippen LogP contribution in [0.5, 0.6) is 0 Å². The summed E-state index contributed by atoms with van der Waals surface area (Å²) < 4.78 is 5.22. The molecule has 1 aliphatic heterocycles. The van der Waals surface area contributed by atoms with E-state index >= 15 is 0 Å². The first-order chi connectivity index (χ1) is 8.56. The third-order valence-corrected chi connectivity index (χ3v) is 3.06. The van der Waals surface area contributed by atoms with Crippen molar-refractivity contribution >= 4 is 12.0 Å². The van der Waals surface area contributed by atoms with Gasteiger partial charge in [-0.05, 0) is 19.3 Å². The summed E-state index contributed by atoms with van der Waals surface area (Å²) in [5, 5.41) is 11.4. The summed E-state index contributed by atoms with van der Waals surface area (Å²) >= 11 is 0. The van der Waals surface area contributed by atoms with Crippen LogP contribution in [0.3, 0.4) is 0 Å². The Labute approximate surface area is 107 Å². The third kappa shape index (κ3) is 4.03. The van der Waals surface area contributed by atoms with Crippen LogP contribution in [-0.2, 0) is 9.53 Å². The molecule has 1 atom stereocenters. The summed E-state index contributed by atoms with van der Waals surface area (Å²) in [5.41, 5.74) is 0. The van der Waals surface area contributed by atoms with Crippen molar-refractivity contribution in [3.63, 3.8) is 0 Å². The maximum absolute atomic E-state index is 11.9. The van der Waals surface area contributed by atoms with Gasteiger partial charge in [-0.2, -0.15) is 0 Å². The lowest BCUT2D eigenvalue weighted by Crippen LogP contribution is -2.50. The lowest BCUT2D eigenvalue weighted by atomic mass is 10.1. The second-order valence-electron chi connectivity index (χ2n) is 4.32. The molecule has 0 aliphatic carbocycles. The van der Waals surface area contributed by atoms with Gasteiger partial charge >= 0.3 is 12.0 Å². The van der Waals surface area contributed by atoms with Crippen LogP contribution in [0.15, 0.2) is 12.7 Å². The number of amides is 2. The molecule has 1 aliphatic rings. The average molecular weight is 256 g/mol. The van der Waals surface area contributed by atoms with Gasteiger partial charge in [0.05, 0.1) is 0 Å². The van der Waals surface area contributed by atoms with Gasteiger partial charge in [-0.25, -0.2) is 9.59 Å². The van der Waals surface area contributed by atoms with Crippen LogP contribution in [-0.4, -0.2) is 54.4 Å². The molecule has 1 heterocycles. The topological polar surface area (TPSA) is 78.9 Å². The molecule has 0 spiro atoms. The van der Waals surface area contributed by atoms with Gasteiger partial charge in [0.2, 0.25) is 0 Å². The normalized spacial score (nSPS) is 17.8. The van der Waals surface area contributed by atoms with Crippen LogP contribution < -0.4 is 5.32 Å². The van der Waals surface area contributed by atoms with Crippen LogP contribution >= 0.6 is 0 Å². The Balaban J connectivity index is 2.51. The molecule has 18 heavy (non-hydrogen) atoms. The first-order valence-corrected chi connectivity index (χ1v) is 6.01. The van der Waals surface area contributed by atoms with E-state index in [0.717, 1.165) is 12.8 Å². The summed E-state index contributed by atoms with van der Waals surface area (Å²) in [7, 11) is 1.68. The molecule has 1 rings (SSSR count). The highest BCUT2D eigenvalue weighted by molar-refractivity contribution is 5.82. The Hall–Kier alpha value is -1.56. The van der Waals surface area contributed by atoms with Gasteiger partial charge in [-0.1, -0.05) is 6.08 Å². The molecule has 0 saturated carbocycles. The molecule has 2 amide bonds. The Bertz CT molecular complexity index is 313. The van der Waals surface area contributed by atoms with E-state index in [4.69, 9.17) is 9.84 Å². The first kappa shape index (κ1) is 14.5. The molecule has 0 aromatic carbocycles. The van der Waals surface area contributed by atoms with Gasteiger partial charge in [-0.15, -0.1) is 6.58 Å². The van der Waals surface area contributed by atoms with E-state index < -0.39 is 12.0 Å². The van der Waals surface area contributed by atoms with E-state index in [0.29, 0.717) is 13.2 Å². The molecule has 102 valence electrons. The van der Waals surface area contributed by atoms with E-state index in [2.05, 4.69) is 11.9 Å². The lowest BCUT2D eigenvalue weighted by Gasteiger charge is -2.32. The summed E-state index contributed by atoms with van der Waals surface area (Å²) in [6.07, 6.45) is 3.25. The molecule has 0 aromatic rings. The van der Waals surface area contributed by atoms with Gasteiger partial charge < -0.3 is 20.1 Å². The zero-order valence-electron chi connectivity index (χ0n) is 10.6. The van der Waals surface area contributed by atoms with Gasteiger partial charge in [0, 0.05) is 26.3 Å². The number of hydrogen-bond donors (Lipinski definition) is 2. The summed E-state index contributed by atoms with van der Waals surface area (Å²) in [6.45, 7) is 4.75. The fourth-order valence-corrected chi connectivity index (χ4v) is 1.88. The Morgan fingerprint density at radius 2 is 2.17 bits per heavy atom. The van der Waals surface area contributed by atoms with Crippen molar-refractivity contribution in [2.45, 2.75) is 31.3 Å². The SMILES string of the molecule is C=CCC(NC(=O)N(C)C1CCOCC1)C(=O)O. The summed E-state index contributed by atoms with van der Waals surface area (Å²) in [4.78, 5) is 24.4. The van der Waals surface area contributed by atoms with Crippen molar-refractivity contribution in [2.24, 2.45) is 0 Å². The number of rotatable bonds is 5. The Morgan fingerprint density at radius 1 is 1.56 bits per heavy atom. The van der Waals surface area contributed by atoms with E-state index in [1.165, 1.54) is 6.08 Å². The zero-order valence-corrected chi connectivity index (χ0v) is 10.6. The van der Waals surface area contributed by atoms with Crippen LogP contribution in [0.1, 0.15) is 19.3 Å². The largest absolute Gasteiger partial charge is 0.480 e. The maximum Gasteiger partial charge on any atom is 0.326 e. The van der Waals surface area contributed by atoms with Gasteiger partial charge in [0.15, 0.2) is 0 Å². The summed E-state index contributed by atoms with van der Waals surface area (Å²) in [6, 6.07) is -1.18. The van der Waals surface area contributed by atoms with Gasteiger partial charge in [0.25, 0.3) is 0 Å². The van der Waals surface area contributed by atoms with Crippen LogP contribution in [0.4, 0.5) is 4.79 Å². The molecule has 2 N–H and O–H groups in total. The number of hydrogen-bond acceptors (Lipinski definition) is 3. The number of carbonyl (C=O) groups excluding carboxylic acids is 1. The molecule has 1 fully saturated rings. The molecule has 6 nitrogen and oxygen atoms in total. The number of carbonyl (C=O) groups is 2. The predicted molar refractivity (Wildman–Crippen MR) is 66.4 cm³/mol. The zero-order chi connectivity index (χ0) is 13.5. The average Bonchev–Trinajstić information content (AvgIpc) is 2.38. The van der Waals surface area contributed by atoms with E-state index in [-0.39, 0.29) is 18.5 Å². The smallest absolute Gasteiger partial charge is 0.326 e. The number of carboxylic acid groups (broad SMARTS) is 1. The minimum absolute atomic E-state index is 0.108. The standard InChI is InChI=1S/C12H20N2O4/c1-3-4-10(11(15)16)13-12(17)14(2)9-5-7-18-8-6-9/h3,9-10H,1,4-8H2,2H3,(H,13,17)(H,15,16). The van der Waals surface area contributed by atoms with Crippen LogP contribution in [0.25, 0.3) is 0 Å². The van der Waals surface area contributed by atoms with E-state index in [1.807, 2.05) is 0 Å². The first-order valence-electron chi connectivity index (χ1n) is 6.01. The Morgan fingerprint density at radius 3 is 2.67 bits per heavy atom. The maximum atomic E-state index is 11.9. The predicted octanol–water partition coefficient (Wildman–Crippen LogP) is 0.836. The van der Waals surface area contributed by atoms with Crippen molar-refractivity contribution in [3.8, 4) is 0 Å². The van der Waals surface area contributed by atoms with Crippen molar-refractivity contribution in [1.82, 2.24) is 10.2 Å². The number of nitrogens with one attached hydrogen (secondary N) is 1. The molecule has 1 unspecified atom stereocenters. The molecule has 0 radical (unpaired) electrons. The van der Waals surface area contributed by atoms with E-state index in [1.54, 1.807) is 11.9 Å². The summed E-state index contributed by atoms with van der Waals surface area (Å²) in [5.74, 6) is -1.05. The van der Waals surface area contributed by atoms with Crippen molar-refractivity contribution in [1.29, 1.82) is 0 Å². The molecular weight excluding hydrogens is 236 g/mol. The van der Waals surface area contributed by atoms with Crippen molar-refractivity contribution < 1.29 is 19.4 Å². The fourth-order valence-electron chi connectivity index (χ4n) is 1.88. The fraction of sp³-hybridized carbons (Fsp3) is 0.667. The highest BCUT2D eigenvalue weighted by Gasteiger charge is 2.25. The van der Waals surface area contributed by atoms with Crippen molar-refractivity contribution in [2.75, 3.05) is 20.3 Å². The van der Waals surface area contributed by atoms with Crippen LogP contribution in [0, 0.1) is 0 Å². The quantitative estimate of drug-likeness (QED) is 0.714. The number of aliphatic carboxylic acids is 1. The molecule has 1 saturated heterocycles. The lowest BCUT2D eigenvalue weighted by molar-refractivity contribution is -0.139. The molecule has 0 aromatic heterocycles. The van der Waals surface area contributed by atoms with E-state index in [9.17, 15) is 9.59 Å². The molecular formula is C12H20N2O4. The minimum atomic E-state index is -1.05. The molecule has 6 heteroatoms. The number of carboxylic acids is 1. The van der Waals surface area contributed by atoms with Gasteiger partial charge in [0.1, 0.15) is 6.04 Å². The second kappa shape index (κ2) is 7.00. The van der Waals surface area contributed by atoms with Gasteiger partial charge in [-0.3, -0.25) is 0 Å². The monoisotopic (exact) mass is 256 g/mol. The number of nitrogens with zero attached hydrogens (tertiary/aromatic N) is 1. The third-order valence-electron chi connectivity index (χ3n) is 3.06. The highest BCUT2D eigenvalue weighted by atomic mass is 16.5. The second-order valence-corrected chi connectivity index (χ2v) is 4.32. The highest BCUT2D eigenvalue weighted by Crippen LogP contribution is 2.13. The number of urea groups is 1. The number of ether oxygens (including phenoxy) is 1.